The molecule has 14 heavy (non-hydrogen) atoms. The maximum Gasteiger partial charge on any atom is 0.150 e. The molecule has 0 atom stereocenters. The van der Waals surface area contributed by atoms with Crippen LogP contribution in [0.5, 0.6) is 0 Å². The lowest BCUT2D eigenvalue weighted by Crippen LogP contribution is -2.34. The Morgan fingerprint density at radius 3 is 2.29 bits per heavy atom. The molecule has 0 saturated carbocycles. The van der Waals surface area contributed by atoms with Crippen LogP contribution in [0.2, 0.25) is 19.6 Å². The molecule has 0 unspecified atom stereocenters. The topological polar surface area (TPSA) is 34.1 Å². The van der Waals surface area contributed by atoms with Crippen molar-refractivity contribution in [2.24, 2.45) is 0 Å². The molecule has 0 N–H and O–H groups in total. The highest BCUT2D eigenvalue weighted by Gasteiger charge is 2.26. The largest absolute Gasteiger partial charge is 0.300 e. The van der Waals surface area contributed by atoms with E-state index in [4.69, 9.17) is 0 Å². The van der Waals surface area contributed by atoms with Gasteiger partial charge in [-0.1, -0.05) is 43.9 Å². The van der Waals surface area contributed by atoms with Gasteiger partial charge < -0.3 is 4.79 Å². The van der Waals surface area contributed by atoms with E-state index in [1.54, 1.807) is 24.3 Å². The average Bonchev–Trinajstić information content (AvgIpc) is 2.15. The van der Waals surface area contributed by atoms with Crippen molar-refractivity contribution in [1.82, 2.24) is 0 Å². The number of carbonyl (C=O) groups excluding carboxylic acids is 2. The standard InChI is InChI=1S/C11H14O2Si/c1-14(2,3)11(13)10-7-5-4-6-9(10)8-12/h4-8H,1-3H3. The van der Waals surface area contributed by atoms with Crippen LogP contribution in [0, 0.1) is 0 Å². The molecule has 1 aromatic carbocycles. The smallest absolute Gasteiger partial charge is 0.150 e. The van der Waals surface area contributed by atoms with Crippen LogP contribution in [0.15, 0.2) is 24.3 Å². The van der Waals surface area contributed by atoms with Crippen molar-refractivity contribution in [2.75, 3.05) is 0 Å². The van der Waals surface area contributed by atoms with Gasteiger partial charge in [-0.25, -0.2) is 0 Å². The van der Waals surface area contributed by atoms with Crippen molar-refractivity contribution in [3.05, 3.63) is 35.4 Å². The first-order valence-corrected chi connectivity index (χ1v) is 8.06. The van der Waals surface area contributed by atoms with Gasteiger partial charge in [0.2, 0.25) is 0 Å². The predicted molar refractivity (Wildman–Crippen MR) is 59.5 cm³/mol. The van der Waals surface area contributed by atoms with Crippen molar-refractivity contribution >= 4 is 19.8 Å². The number of rotatable bonds is 3. The normalized spacial score (nSPS) is 11.1. The molecule has 0 bridgehead atoms. The molecule has 0 heterocycles. The van der Waals surface area contributed by atoms with Crippen LogP contribution in [0.3, 0.4) is 0 Å². The second-order valence-corrected chi connectivity index (χ2v) is 9.24. The quantitative estimate of drug-likeness (QED) is 0.562. The van der Waals surface area contributed by atoms with E-state index in [0.29, 0.717) is 11.1 Å². The van der Waals surface area contributed by atoms with E-state index in [9.17, 15) is 9.59 Å². The monoisotopic (exact) mass is 206 g/mol. The molecule has 0 radical (unpaired) electrons. The molecule has 1 rings (SSSR count). The fourth-order valence-electron chi connectivity index (χ4n) is 1.21. The summed E-state index contributed by atoms with van der Waals surface area (Å²) in [6.07, 6.45) is 0.743. The third-order valence-corrected chi connectivity index (χ3v) is 3.65. The van der Waals surface area contributed by atoms with Gasteiger partial charge in [-0.05, 0) is 0 Å². The molecular weight excluding hydrogens is 192 g/mol. The first-order chi connectivity index (χ1) is 6.46. The highest BCUT2D eigenvalue weighted by molar-refractivity contribution is 7.05. The molecule has 1 aromatic rings. The molecular formula is C11H14O2Si. The molecule has 0 saturated heterocycles. The zero-order valence-corrected chi connectivity index (χ0v) is 9.70. The van der Waals surface area contributed by atoms with Gasteiger partial charge >= 0.3 is 0 Å². The molecule has 0 aliphatic heterocycles. The average molecular weight is 206 g/mol. The number of hydrogen-bond acceptors (Lipinski definition) is 2. The third-order valence-electron chi connectivity index (χ3n) is 2.01. The zero-order chi connectivity index (χ0) is 10.8. The summed E-state index contributed by atoms with van der Waals surface area (Å²) in [7, 11) is -1.85. The summed E-state index contributed by atoms with van der Waals surface area (Å²) in [6, 6.07) is 6.97. The minimum Gasteiger partial charge on any atom is -0.300 e. The van der Waals surface area contributed by atoms with Crippen molar-refractivity contribution in [2.45, 2.75) is 19.6 Å². The molecule has 0 spiro atoms. The maximum atomic E-state index is 11.9. The first kappa shape index (κ1) is 10.9. The summed E-state index contributed by atoms with van der Waals surface area (Å²) >= 11 is 0. The molecule has 0 aromatic heterocycles. The highest BCUT2D eigenvalue weighted by atomic mass is 28.3. The van der Waals surface area contributed by atoms with Gasteiger partial charge in [-0.15, -0.1) is 0 Å². The summed E-state index contributed by atoms with van der Waals surface area (Å²) in [5.41, 5.74) is 1.07. The summed E-state index contributed by atoms with van der Waals surface area (Å²) < 4.78 is 0. The minimum atomic E-state index is -1.85. The Labute approximate surface area is 85.0 Å². The van der Waals surface area contributed by atoms with Crippen LogP contribution in [0.25, 0.3) is 0 Å². The van der Waals surface area contributed by atoms with Gasteiger partial charge in [0, 0.05) is 11.1 Å². The molecule has 0 amide bonds. The highest BCUT2D eigenvalue weighted by Crippen LogP contribution is 2.14. The van der Waals surface area contributed by atoms with Gasteiger partial charge in [0.15, 0.2) is 6.29 Å². The van der Waals surface area contributed by atoms with E-state index in [1.807, 2.05) is 19.6 Å². The van der Waals surface area contributed by atoms with E-state index >= 15 is 0 Å². The fourth-order valence-corrected chi connectivity index (χ4v) is 2.25. The third kappa shape index (κ3) is 2.17. The summed E-state index contributed by atoms with van der Waals surface area (Å²) in [4.78, 5) is 22.7. The van der Waals surface area contributed by atoms with Crippen molar-refractivity contribution in [1.29, 1.82) is 0 Å². The molecule has 0 aliphatic carbocycles. The van der Waals surface area contributed by atoms with Gasteiger partial charge in [-0.3, -0.25) is 4.79 Å². The number of carbonyl (C=O) groups is 2. The van der Waals surface area contributed by atoms with Crippen molar-refractivity contribution in [3.63, 3.8) is 0 Å². The fraction of sp³-hybridized carbons (Fsp3) is 0.273. The number of aldehydes is 1. The van der Waals surface area contributed by atoms with Gasteiger partial charge in [0.1, 0.15) is 13.5 Å². The molecule has 3 heteroatoms. The Morgan fingerprint density at radius 1 is 1.21 bits per heavy atom. The van der Waals surface area contributed by atoms with E-state index in [2.05, 4.69) is 0 Å². The molecule has 0 fully saturated rings. The Hall–Kier alpha value is -1.22. The number of benzene rings is 1. The Balaban J connectivity index is 3.19. The Kier molecular flexibility index (Phi) is 3.01. The molecule has 0 aliphatic rings. The Bertz CT molecular complexity index is 364. The van der Waals surface area contributed by atoms with Gasteiger partial charge in [-0.2, -0.15) is 0 Å². The van der Waals surface area contributed by atoms with E-state index in [0.717, 1.165) is 6.29 Å². The Morgan fingerprint density at radius 2 is 1.79 bits per heavy atom. The van der Waals surface area contributed by atoms with Crippen LogP contribution in [0.1, 0.15) is 20.7 Å². The van der Waals surface area contributed by atoms with Crippen LogP contribution in [0.4, 0.5) is 0 Å². The van der Waals surface area contributed by atoms with E-state index in [1.165, 1.54) is 0 Å². The van der Waals surface area contributed by atoms with E-state index < -0.39 is 8.07 Å². The van der Waals surface area contributed by atoms with Gasteiger partial charge in [0.05, 0.1) is 0 Å². The first-order valence-electron chi connectivity index (χ1n) is 4.56. The van der Waals surface area contributed by atoms with Crippen molar-refractivity contribution in [3.8, 4) is 0 Å². The predicted octanol–water partition coefficient (Wildman–Crippen LogP) is 2.56. The molecule has 74 valence electrons. The van der Waals surface area contributed by atoms with E-state index in [-0.39, 0.29) is 5.41 Å². The van der Waals surface area contributed by atoms with Crippen LogP contribution in [-0.4, -0.2) is 19.8 Å². The zero-order valence-electron chi connectivity index (χ0n) is 8.70. The lowest BCUT2D eigenvalue weighted by atomic mass is 10.1. The van der Waals surface area contributed by atoms with Crippen molar-refractivity contribution < 1.29 is 9.59 Å². The van der Waals surface area contributed by atoms with Gasteiger partial charge in [0.25, 0.3) is 0 Å². The minimum absolute atomic E-state index is 0.139. The van der Waals surface area contributed by atoms with Crippen LogP contribution >= 0.6 is 0 Å². The number of hydrogen-bond donors (Lipinski definition) is 0. The summed E-state index contributed by atoms with van der Waals surface area (Å²) in [6.45, 7) is 5.95. The summed E-state index contributed by atoms with van der Waals surface area (Å²) in [5.74, 6) is 0. The second-order valence-electron chi connectivity index (χ2n) is 4.28. The van der Waals surface area contributed by atoms with Crippen LogP contribution in [-0.2, 0) is 0 Å². The lowest BCUT2D eigenvalue weighted by Gasteiger charge is -2.15. The SMILES string of the molecule is C[Si](C)(C)C(=O)c1ccccc1C=O. The maximum absolute atomic E-state index is 11.9. The second kappa shape index (κ2) is 3.88. The lowest BCUT2D eigenvalue weighted by molar-refractivity contribution is 0.105. The van der Waals surface area contributed by atoms with Crippen LogP contribution < -0.4 is 0 Å². The summed E-state index contributed by atoms with van der Waals surface area (Å²) in [5, 5.41) is 0.139. The molecule has 2 nitrogen and oxygen atoms in total.